The molecule has 0 saturated carbocycles. The highest BCUT2D eigenvalue weighted by Crippen LogP contribution is 2.53. The molecular formula is C31H38N2O6S. The molecule has 0 aliphatic carbocycles. The second-order valence-corrected chi connectivity index (χ2v) is 10.8. The summed E-state index contributed by atoms with van der Waals surface area (Å²) < 4.78 is 28.5. The van der Waals surface area contributed by atoms with Gasteiger partial charge in [0, 0.05) is 37.7 Å². The number of para-hydroxylation sites is 1. The average Bonchev–Trinajstić information content (AvgIpc) is 3.00. The van der Waals surface area contributed by atoms with Gasteiger partial charge in [0.1, 0.15) is 11.5 Å². The normalized spacial score (nSPS) is 16.6. The Morgan fingerprint density at radius 2 is 1.62 bits per heavy atom. The van der Waals surface area contributed by atoms with E-state index in [0.717, 1.165) is 48.0 Å². The number of methoxy groups -OCH3 is 4. The van der Waals surface area contributed by atoms with Crippen molar-refractivity contribution in [3.05, 3.63) is 71.8 Å². The van der Waals surface area contributed by atoms with Crippen molar-refractivity contribution in [3.8, 4) is 23.0 Å². The molecule has 0 spiro atoms. The molecule has 0 fully saturated rings. The Bertz CT molecular complexity index is 1320. The van der Waals surface area contributed by atoms with Gasteiger partial charge < -0.3 is 33.5 Å². The molecule has 9 heteroatoms. The topological polar surface area (TPSA) is 69.7 Å². The second-order valence-electron chi connectivity index (χ2n) is 9.56. The first kappa shape index (κ1) is 29.6. The van der Waals surface area contributed by atoms with E-state index in [-0.39, 0.29) is 5.91 Å². The standard InChI is InChI=1S/C31H38N2O6S/c1-32(18-16-22-12-14-27(36-4)28(20-22)37-5)17-9-19-39-26-15-13-23(35-3)21-24(26)31(38-6)30(34)33(2)25-10-7-8-11-29(25)40-31/h7-8,10-15,20-21H,9,16-19H2,1-6H3. The number of thioether (sulfide) groups is 1. The van der Waals surface area contributed by atoms with Crippen molar-refractivity contribution < 1.29 is 28.5 Å². The van der Waals surface area contributed by atoms with Gasteiger partial charge in [-0.1, -0.05) is 30.0 Å². The van der Waals surface area contributed by atoms with E-state index in [1.54, 1.807) is 40.4 Å². The maximum absolute atomic E-state index is 13.7. The molecule has 214 valence electrons. The highest BCUT2D eigenvalue weighted by atomic mass is 32.2. The van der Waals surface area contributed by atoms with Gasteiger partial charge in [0.25, 0.3) is 5.91 Å². The number of fused-ring (bicyclic) bond motifs is 1. The molecule has 0 N–H and O–H groups in total. The Hall–Kier alpha value is -3.40. The van der Waals surface area contributed by atoms with E-state index >= 15 is 0 Å². The van der Waals surface area contributed by atoms with Crippen molar-refractivity contribution in [1.82, 2.24) is 4.90 Å². The van der Waals surface area contributed by atoms with Crippen LogP contribution in [0.1, 0.15) is 17.5 Å². The zero-order valence-electron chi connectivity index (χ0n) is 24.1. The number of hydrogen-bond acceptors (Lipinski definition) is 8. The van der Waals surface area contributed by atoms with Crippen LogP contribution in [-0.2, 0) is 20.9 Å². The summed E-state index contributed by atoms with van der Waals surface area (Å²) in [5.41, 5.74) is 2.67. The summed E-state index contributed by atoms with van der Waals surface area (Å²) >= 11 is 1.38. The van der Waals surface area contributed by atoms with Crippen LogP contribution >= 0.6 is 11.8 Å². The summed E-state index contributed by atoms with van der Waals surface area (Å²) in [6, 6.07) is 19.4. The molecular weight excluding hydrogens is 528 g/mol. The summed E-state index contributed by atoms with van der Waals surface area (Å²) in [4.78, 5) is 17.3. The Morgan fingerprint density at radius 1 is 0.875 bits per heavy atom. The van der Waals surface area contributed by atoms with Crippen LogP contribution in [0.5, 0.6) is 23.0 Å². The van der Waals surface area contributed by atoms with Gasteiger partial charge in [-0.05, 0) is 67.9 Å². The molecule has 8 nitrogen and oxygen atoms in total. The molecule has 3 aromatic rings. The molecule has 40 heavy (non-hydrogen) atoms. The number of rotatable bonds is 13. The van der Waals surface area contributed by atoms with Gasteiger partial charge in [-0.3, -0.25) is 4.79 Å². The lowest BCUT2D eigenvalue weighted by molar-refractivity contribution is -0.131. The number of amides is 1. The van der Waals surface area contributed by atoms with E-state index < -0.39 is 4.93 Å². The first-order chi connectivity index (χ1) is 19.4. The third kappa shape index (κ3) is 6.16. The first-order valence-electron chi connectivity index (χ1n) is 13.2. The number of carbonyl (C=O) groups is 1. The second kappa shape index (κ2) is 13.3. The Balaban J connectivity index is 1.42. The zero-order chi connectivity index (χ0) is 28.7. The number of likely N-dealkylation sites (N-methyl/N-ethyl adjacent to an activating group) is 2. The molecule has 1 heterocycles. The molecule has 0 radical (unpaired) electrons. The highest BCUT2D eigenvalue weighted by Gasteiger charge is 2.50. The van der Waals surface area contributed by atoms with Gasteiger partial charge in [-0.15, -0.1) is 0 Å². The molecule has 0 saturated heterocycles. The molecule has 4 rings (SSSR count). The molecule has 1 aliphatic heterocycles. The van der Waals surface area contributed by atoms with Crippen LogP contribution < -0.4 is 23.8 Å². The van der Waals surface area contributed by atoms with Crippen LogP contribution in [0, 0.1) is 0 Å². The van der Waals surface area contributed by atoms with Gasteiger partial charge in [-0.2, -0.15) is 0 Å². The van der Waals surface area contributed by atoms with Crippen molar-refractivity contribution in [2.75, 3.05) is 67.1 Å². The predicted octanol–water partition coefficient (Wildman–Crippen LogP) is 5.22. The minimum absolute atomic E-state index is 0.174. The number of benzene rings is 3. The fourth-order valence-electron chi connectivity index (χ4n) is 4.76. The largest absolute Gasteiger partial charge is 0.497 e. The third-order valence-corrected chi connectivity index (χ3v) is 8.48. The molecule has 0 aromatic heterocycles. The molecule has 1 unspecified atom stereocenters. The number of nitrogens with zero attached hydrogens (tertiary/aromatic N) is 2. The summed E-state index contributed by atoms with van der Waals surface area (Å²) in [5.74, 6) is 2.53. The fraction of sp³-hybridized carbons (Fsp3) is 0.387. The quantitative estimate of drug-likeness (QED) is 0.261. The van der Waals surface area contributed by atoms with E-state index in [9.17, 15) is 4.79 Å². The van der Waals surface area contributed by atoms with E-state index in [1.807, 2.05) is 54.6 Å². The summed E-state index contributed by atoms with van der Waals surface area (Å²) in [6.07, 6.45) is 1.71. The first-order valence-corrected chi connectivity index (χ1v) is 14.0. The number of ether oxygens (including phenoxy) is 5. The Labute approximate surface area is 241 Å². The smallest absolute Gasteiger partial charge is 0.274 e. The minimum Gasteiger partial charge on any atom is -0.497 e. The summed E-state index contributed by atoms with van der Waals surface area (Å²) in [6.45, 7) is 2.25. The van der Waals surface area contributed by atoms with Crippen LogP contribution in [0.2, 0.25) is 0 Å². The van der Waals surface area contributed by atoms with Crippen molar-refractivity contribution in [2.45, 2.75) is 22.7 Å². The summed E-state index contributed by atoms with van der Waals surface area (Å²) in [5, 5.41) is 0. The van der Waals surface area contributed by atoms with E-state index in [0.29, 0.717) is 23.7 Å². The lowest BCUT2D eigenvalue weighted by Gasteiger charge is -2.40. The van der Waals surface area contributed by atoms with Crippen LogP contribution in [0.3, 0.4) is 0 Å². The van der Waals surface area contributed by atoms with Gasteiger partial charge in [0.15, 0.2) is 11.5 Å². The van der Waals surface area contributed by atoms with Crippen molar-refractivity contribution in [3.63, 3.8) is 0 Å². The Kier molecular flexibility index (Phi) is 9.84. The number of anilines is 1. The SMILES string of the molecule is COc1ccc(OCCCN(C)CCc2ccc(OC)c(OC)c2)c(C2(OC)Sc3ccccc3N(C)C2=O)c1. The van der Waals surface area contributed by atoms with Gasteiger partial charge >= 0.3 is 0 Å². The third-order valence-electron chi connectivity index (χ3n) is 7.07. The van der Waals surface area contributed by atoms with Gasteiger partial charge in [0.05, 0.1) is 33.6 Å². The van der Waals surface area contributed by atoms with Crippen LogP contribution in [0.25, 0.3) is 0 Å². The van der Waals surface area contributed by atoms with Crippen LogP contribution in [-0.4, -0.2) is 73.0 Å². The number of hydrogen-bond donors (Lipinski definition) is 0. The summed E-state index contributed by atoms with van der Waals surface area (Å²) in [7, 11) is 10.3. The van der Waals surface area contributed by atoms with Gasteiger partial charge in [0.2, 0.25) is 4.93 Å². The van der Waals surface area contributed by atoms with E-state index in [4.69, 9.17) is 23.7 Å². The van der Waals surface area contributed by atoms with Gasteiger partial charge in [-0.25, -0.2) is 0 Å². The fourth-order valence-corrected chi connectivity index (χ4v) is 6.10. The van der Waals surface area contributed by atoms with E-state index in [1.165, 1.54) is 17.3 Å². The van der Waals surface area contributed by atoms with Crippen LogP contribution in [0.15, 0.2) is 65.6 Å². The Morgan fingerprint density at radius 3 is 2.35 bits per heavy atom. The maximum Gasteiger partial charge on any atom is 0.274 e. The zero-order valence-corrected chi connectivity index (χ0v) is 24.9. The molecule has 1 atom stereocenters. The molecule has 1 amide bonds. The molecule has 3 aromatic carbocycles. The molecule has 0 bridgehead atoms. The highest BCUT2D eigenvalue weighted by molar-refractivity contribution is 8.01. The predicted molar refractivity (Wildman–Crippen MR) is 158 cm³/mol. The van der Waals surface area contributed by atoms with E-state index in [2.05, 4.69) is 18.0 Å². The average molecular weight is 567 g/mol. The lowest BCUT2D eigenvalue weighted by atomic mass is 10.0. The maximum atomic E-state index is 13.7. The lowest BCUT2D eigenvalue weighted by Crippen LogP contribution is -2.47. The van der Waals surface area contributed by atoms with Crippen molar-refractivity contribution >= 4 is 23.4 Å². The molecule has 1 aliphatic rings. The monoisotopic (exact) mass is 566 g/mol. The number of carbonyl (C=O) groups excluding carboxylic acids is 1. The van der Waals surface area contributed by atoms with Crippen molar-refractivity contribution in [1.29, 1.82) is 0 Å². The van der Waals surface area contributed by atoms with Crippen LogP contribution in [0.4, 0.5) is 5.69 Å². The van der Waals surface area contributed by atoms with Crippen molar-refractivity contribution in [2.24, 2.45) is 0 Å². The minimum atomic E-state index is -1.30.